The fourth-order valence-electron chi connectivity index (χ4n) is 3.26. The van der Waals surface area contributed by atoms with E-state index in [2.05, 4.69) is 37.1 Å². The summed E-state index contributed by atoms with van der Waals surface area (Å²) >= 11 is 0.804. The SMILES string of the molecule is CN1CCN(c2ccc(CNS(=O)(=O)c3nnc(NC(=O)c4ccccc4)s3)cc2)CC1. The highest BCUT2D eigenvalue weighted by Gasteiger charge is 2.21. The molecule has 1 amide bonds. The number of hydrogen-bond donors (Lipinski definition) is 2. The van der Waals surface area contributed by atoms with Gasteiger partial charge in [0, 0.05) is 44.0 Å². The average molecular weight is 473 g/mol. The monoisotopic (exact) mass is 472 g/mol. The quantitative estimate of drug-likeness (QED) is 0.507. The number of nitrogens with zero attached hydrogens (tertiary/aromatic N) is 4. The standard InChI is InChI=1S/C21H24N6O3S2/c1-26-11-13-27(14-12-26)18-9-7-16(8-10-18)15-22-32(29,30)21-25-24-20(31-21)23-19(28)17-5-3-2-4-6-17/h2-10,22H,11-15H2,1H3,(H,23,24,28). The lowest BCUT2D eigenvalue weighted by Gasteiger charge is -2.34. The Labute approximate surface area is 191 Å². The molecule has 32 heavy (non-hydrogen) atoms. The molecule has 2 N–H and O–H groups in total. The second kappa shape index (κ2) is 9.74. The Hall–Kier alpha value is -2.86. The third kappa shape index (κ3) is 5.49. The van der Waals surface area contributed by atoms with Crippen molar-refractivity contribution in [1.29, 1.82) is 0 Å². The van der Waals surface area contributed by atoms with Crippen LogP contribution in [0.2, 0.25) is 0 Å². The molecule has 9 nitrogen and oxygen atoms in total. The van der Waals surface area contributed by atoms with Gasteiger partial charge in [-0.15, -0.1) is 10.2 Å². The van der Waals surface area contributed by atoms with Crippen LogP contribution in [0.1, 0.15) is 15.9 Å². The Kier molecular flexibility index (Phi) is 6.80. The van der Waals surface area contributed by atoms with Gasteiger partial charge in [0.15, 0.2) is 0 Å². The van der Waals surface area contributed by atoms with E-state index in [-0.39, 0.29) is 21.9 Å². The molecule has 2 aromatic carbocycles. The number of carbonyl (C=O) groups excluding carboxylic acids is 1. The summed E-state index contributed by atoms with van der Waals surface area (Å²) in [6.45, 7) is 4.14. The Morgan fingerprint density at radius 2 is 1.69 bits per heavy atom. The minimum atomic E-state index is -3.85. The molecule has 0 atom stereocenters. The largest absolute Gasteiger partial charge is 0.369 e. The summed E-state index contributed by atoms with van der Waals surface area (Å²) in [7, 11) is -1.73. The molecule has 0 radical (unpaired) electrons. The van der Waals surface area contributed by atoms with Crippen LogP contribution in [0.3, 0.4) is 0 Å². The van der Waals surface area contributed by atoms with Gasteiger partial charge >= 0.3 is 0 Å². The number of nitrogens with one attached hydrogen (secondary N) is 2. The van der Waals surface area contributed by atoms with Crippen LogP contribution in [-0.4, -0.2) is 62.6 Å². The lowest BCUT2D eigenvalue weighted by Crippen LogP contribution is -2.44. The second-order valence-corrected chi connectivity index (χ2v) is 10.4. The van der Waals surface area contributed by atoms with Crippen molar-refractivity contribution in [3.8, 4) is 0 Å². The Bertz CT molecular complexity index is 1160. The third-order valence-corrected chi connectivity index (χ3v) is 7.77. The van der Waals surface area contributed by atoms with E-state index in [4.69, 9.17) is 0 Å². The van der Waals surface area contributed by atoms with E-state index in [1.807, 2.05) is 24.3 Å². The number of rotatable bonds is 7. The van der Waals surface area contributed by atoms with Gasteiger partial charge in [0.25, 0.3) is 15.9 Å². The first-order chi connectivity index (χ1) is 15.4. The molecule has 1 aromatic heterocycles. The highest BCUT2D eigenvalue weighted by Crippen LogP contribution is 2.21. The molecule has 11 heteroatoms. The lowest BCUT2D eigenvalue weighted by molar-refractivity contribution is 0.102. The van der Waals surface area contributed by atoms with Crippen LogP contribution in [0.25, 0.3) is 0 Å². The molecule has 0 aliphatic carbocycles. The van der Waals surface area contributed by atoms with Crippen LogP contribution < -0.4 is 14.9 Å². The normalized spacial score (nSPS) is 15.0. The summed E-state index contributed by atoms with van der Waals surface area (Å²) in [6.07, 6.45) is 0. The number of piperazine rings is 1. The molecule has 1 fully saturated rings. The summed E-state index contributed by atoms with van der Waals surface area (Å²) in [5.74, 6) is -0.376. The minimum absolute atomic E-state index is 0.121. The van der Waals surface area contributed by atoms with Crippen LogP contribution in [0, 0.1) is 0 Å². The highest BCUT2D eigenvalue weighted by molar-refractivity contribution is 7.91. The molecule has 168 valence electrons. The van der Waals surface area contributed by atoms with Crippen molar-refractivity contribution in [2.45, 2.75) is 10.9 Å². The van der Waals surface area contributed by atoms with Crippen molar-refractivity contribution in [3.63, 3.8) is 0 Å². The van der Waals surface area contributed by atoms with Crippen molar-refractivity contribution < 1.29 is 13.2 Å². The molecule has 0 bridgehead atoms. The number of benzene rings is 2. The van der Waals surface area contributed by atoms with Crippen molar-refractivity contribution in [2.24, 2.45) is 0 Å². The van der Waals surface area contributed by atoms with Gasteiger partial charge < -0.3 is 9.80 Å². The van der Waals surface area contributed by atoms with Gasteiger partial charge in [-0.2, -0.15) is 0 Å². The van der Waals surface area contributed by atoms with Crippen molar-refractivity contribution >= 4 is 38.1 Å². The van der Waals surface area contributed by atoms with E-state index in [0.717, 1.165) is 48.8 Å². The minimum Gasteiger partial charge on any atom is -0.369 e. The van der Waals surface area contributed by atoms with Crippen LogP contribution in [-0.2, 0) is 16.6 Å². The van der Waals surface area contributed by atoms with E-state index >= 15 is 0 Å². The fraction of sp³-hybridized carbons (Fsp3) is 0.286. The number of anilines is 2. The number of likely N-dealkylation sites (N-methyl/N-ethyl adjacent to an activating group) is 1. The van der Waals surface area contributed by atoms with Crippen LogP contribution >= 0.6 is 11.3 Å². The van der Waals surface area contributed by atoms with E-state index < -0.39 is 10.0 Å². The van der Waals surface area contributed by atoms with Crippen molar-refractivity contribution in [2.75, 3.05) is 43.4 Å². The zero-order valence-corrected chi connectivity index (χ0v) is 19.2. The molecule has 0 unspecified atom stereocenters. The number of amides is 1. The number of hydrogen-bond acceptors (Lipinski definition) is 8. The smallest absolute Gasteiger partial charge is 0.270 e. The maximum absolute atomic E-state index is 12.6. The predicted octanol–water partition coefficient (Wildman–Crippen LogP) is 2.02. The number of carbonyl (C=O) groups is 1. The van der Waals surface area contributed by atoms with Gasteiger partial charge in [-0.1, -0.05) is 41.7 Å². The summed E-state index contributed by atoms with van der Waals surface area (Å²) in [5, 5.41) is 10.2. The molecular weight excluding hydrogens is 448 g/mol. The first kappa shape index (κ1) is 22.3. The van der Waals surface area contributed by atoms with E-state index in [0.29, 0.717) is 5.56 Å². The van der Waals surface area contributed by atoms with Crippen molar-refractivity contribution in [1.82, 2.24) is 19.8 Å². The molecule has 0 saturated carbocycles. The molecule has 4 rings (SSSR count). The van der Waals surface area contributed by atoms with Crippen LogP contribution in [0.4, 0.5) is 10.8 Å². The van der Waals surface area contributed by atoms with Crippen LogP contribution in [0.15, 0.2) is 58.9 Å². The van der Waals surface area contributed by atoms with E-state index in [1.54, 1.807) is 30.3 Å². The summed E-state index contributed by atoms with van der Waals surface area (Å²) in [5.41, 5.74) is 2.42. The maximum Gasteiger partial charge on any atom is 0.270 e. The topological polar surface area (TPSA) is 108 Å². The Morgan fingerprint density at radius 3 is 2.38 bits per heavy atom. The summed E-state index contributed by atoms with van der Waals surface area (Å²) in [4.78, 5) is 16.8. The predicted molar refractivity (Wildman–Crippen MR) is 124 cm³/mol. The second-order valence-electron chi connectivity index (χ2n) is 7.47. The van der Waals surface area contributed by atoms with Gasteiger partial charge in [-0.25, -0.2) is 13.1 Å². The van der Waals surface area contributed by atoms with Gasteiger partial charge in [0.1, 0.15) is 0 Å². The van der Waals surface area contributed by atoms with E-state index in [1.165, 1.54) is 0 Å². The van der Waals surface area contributed by atoms with Gasteiger partial charge in [-0.05, 0) is 36.9 Å². The zero-order valence-electron chi connectivity index (χ0n) is 17.6. The zero-order chi connectivity index (χ0) is 22.6. The van der Waals surface area contributed by atoms with Gasteiger partial charge in [0.2, 0.25) is 9.47 Å². The summed E-state index contributed by atoms with van der Waals surface area (Å²) < 4.78 is 27.5. The summed E-state index contributed by atoms with van der Waals surface area (Å²) in [6, 6.07) is 16.5. The molecule has 3 aromatic rings. The lowest BCUT2D eigenvalue weighted by atomic mass is 10.2. The Balaban J connectivity index is 1.34. The van der Waals surface area contributed by atoms with Gasteiger partial charge in [0.05, 0.1) is 0 Å². The first-order valence-electron chi connectivity index (χ1n) is 10.1. The fourth-order valence-corrected chi connectivity index (χ4v) is 5.21. The molecule has 0 spiro atoms. The van der Waals surface area contributed by atoms with Crippen molar-refractivity contribution in [3.05, 3.63) is 65.7 Å². The number of sulfonamides is 1. The van der Waals surface area contributed by atoms with E-state index in [9.17, 15) is 13.2 Å². The van der Waals surface area contributed by atoms with Gasteiger partial charge in [-0.3, -0.25) is 10.1 Å². The first-order valence-corrected chi connectivity index (χ1v) is 12.4. The number of aromatic nitrogens is 2. The molecule has 1 aliphatic heterocycles. The third-order valence-electron chi connectivity index (χ3n) is 5.16. The molecular formula is C21H24N6O3S2. The molecule has 1 aliphatic rings. The highest BCUT2D eigenvalue weighted by atomic mass is 32.2. The molecule has 1 saturated heterocycles. The average Bonchev–Trinajstić information content (AvgIpc) is 3.29. The van der Waals surface area contributed by atoms with Crippen LogP contribution in [0.5, 0.6) is 0 Å². The Morgan fingerprint density at radius 1 is 1.00 bits per heavy atom. The molecule has 2 heterocycles. The maximum atomic E-state index is 12.6.